The number of aromatic nitrogens is 2. The van der Waals surface area contributed by atoms with Crippen molar-refractivity contribution in [3.63, 3.8) is 0 Å². The molecule has 162 valence electrons. The number of nitrogens with one attached hydrogen (secondary N) is 2. The van der Waals surface area contributed by atoms with Gasteiger partial charge in [-0.3, -0.25) is 14.5 Å². The minimum atomic E-state index is -0.219. The molecule has 3 rings (SSSR count). The number of hydrogen-bond acceptors (Lipinski definition) is 6. The number of carbonyl (C=O) groups is 2. The van der Waals surface area contributed by atoms with Gasteiger partial charge in [-0.15, -0.1) is 10.2 Å². The zero-order valence-electron chi connectivity index (χ0n) is 18.2. The van der Waals surface area contributed by atoms with E-state index in [1.54, 1.807) is 24.3 Å². The molecule has 0 aliphatic heterocycles. The maximum Gasteiger partial charge on any atom is 0.247 e. The Bertz CT molecular complexity index is 1050. The molecule has 31 heavy (non-hydrogen) atoms. The van der Waals surface area contributed by atoms with Crippen molar-refractivity contribution in [3.05, 3.63) is 60.0 Å². The lowest BCUT2D eigenvalue weighted by Gasteiger charge is -2.24. The highest BCUT2D eigenvalue weighted by molar-refractivity contribution is 5.93. The van der Waals surface area contributed by atoms with Gasteiger partial charge >= 0.3 is 0 Å². The van der Waals surface area contributed by atoms with Gasteiger partial charge < -0.3 is 15.1 Å². The standard InChI is InChI=1S/C23H27N5O3/c1-5-28(14-21(30)25-20-11-9-19(10-12-20)24-17(4)29)16(3)22-26-27-23(31-22)18-8-6-7-15(2)13-18/h6-13,16H,5,14H2,1-4H3,(H,24,29)(H,25,30)/t16-/m0/s1. The lowest BCUT2D eigenvalue weighted by atomic mass is 10.1. The van der Waals surface area contributed by atoms with Gasteiger partial charge in [-0.25, -0.2) is 0 Å². The first-order valence-corrected chi connectivity index (χ1v) is 10.2. The van der Waals surface area contributed by atoms with Crippen molar-refractivity contribution in [3.8, 4) is 11.5 Å². The molecule has 1 aromatic heterocycles. The summed E-state index contributed by atoms with van der Waals surface area (Å²) in [6.45, 7) is 8.18. The van der Waals surface area contributed by atoms with E-state index >= 15 is 0 Å². The molecule has 0 fully saturated rings. The molecule has 3 aromatic rings. The Hall–Kier alpha value is -3.52. The highest BCUT2D eigenvalue weighted by Crippen LogP contribution is 2.24. The SMILES string of the molecule is CCN(CC(=O)Nc1ccc(NC(C)=O)cc1)[C@@H](C)c1nnc(-c2cccc(C)c2)o1. The van der Waals surface area contributed by atoms with Crippen LogP contribution in [-0.2, 0) is 9.59 Å². The average Bonchev–Trinajstić information content (AvgIpc) is 3.23. The van der Waals surface area contributed by atoms with E-state index in [1.165, 1.54) is 6.92 Å². The Kier molecular flexibility index (Phi) is 7.15. The molecule has 0 aliphatic rings. The molecule has 2 aromatic carbocycles. The normalized spacial score (nSPS) is 11.9. The summed E-state index contributed by atoms with van der Waals surface area (Å²) < 4.78 is 5.88. The monoisotopic (exact) mass is 421 g/mol. The second-order valence-corrected chi connectivity index (χ2v) is 7.36. The fraction of sp³-hybridized carbons (Fsp3) is 0.304. The Morgan fingerprint density at radius 3 is 2.35 bits per heavy atom. The molecular formula is C23H27N5O3. The third-order valence-corrected chi connectivity index (χ3v) is 4.85. The maximum absolute atomic E-state index is 12.6. The van der Waals surface area contributed by atoms with Crippen LogP contribution in [0.5, 0.6) is 0 Å². The van der Waals surface area contributed by atoms with Gasteiger partial charge in [-0.05, 0) is 56.8 Å². The average molecular weight is 422 g/mol. The molecule has 0 radical (unpaired) electrons. The van der Waals surface area contributed by atoms with Crippen LogP contribution in [0.15, 0.2) is 52.9 Å². The summed E-state index contributed by atoms with van der Waals surface area (Å²) in [6.07, 6.45) is 0. The maximum atomic E-state index is 12.6. The van der Waals surface area contributed by atoms with E-state index in [1.807, 2.05) is 49.9 Å². The van der Waals surface area contributed by atoms with Crippen molar-refractivity contribution in [1.29, 1.82) is 0 Å². The van der Waals surface area contributed by atoms with Crippen LogP contribution in [0, 0.1) is 6.92 Å². The molecule has 2 amide bonds. The van der Waals surface area contributed by atoms with Gasteiger partial charge in [0, 0.05) is 23.9 Å². The number of rotatable bonds is 8. The molecule has 1 atom stereocenters. The van der Waals surface area contributed by atoms with Crippen molar-refractivity contribution >= 4 is 23.2 Å². The number of aryl methyl sites for hydroxylation is 1. The van der Waals surface area contributed by atoms with Crippen molar-refractivity contribution in [2.24, 2.45) is 0 Å². The number of likely N-dealkylation sites (N-methyl/N-ethyl adjacent to an activating group) is 1. The lowest BCUT2D eigenvalue weighted by molar-refractivity contribution is -0.118. The zero-order chi connectivity index (χ0) is 22.4. The van der Waals surface area contributed by atoms with Crippen LogP contribution in [0.25, 0.3) is 11.5 Å². The zero-order valence-corrected chi connectivity index (χ0v) is 18.2. The molecule has 0 saturated carbocycles. The van der Waals surface area contributed by atoms with Crippen LogP contribution in [0.1, 0.15) is 38.3 Å². The predicted octanol–water partition coefficient (Wildman–Crippen LogP) is 4.03. The Labute approximate surface area is 181 Å². The van der Waals surface area contributed by atoms with Gasteiger partial charge in [0.15, 0.2) is 0 Å². The summed E-state index contributed by atoms with van der Waals surface area (Å²) in [6, 6.07) is 14.6. The Balaban J connectivity index is 1.62. The van der Waals surface area contributed by atoms with E-state index in [4.69, 9.17) is 4.42 Å². The molecule has 0 unspecified atom stereocenters. The number of amides is 2. The quantitative estimate of drug-likeness (QED) is 0.570. The van der Waals surface area contributed by atoms with E-state index in [-0.39, 0.29) is 24.4 Å². The molecule has 0 spiro atoms. The molecule has 8 heteroatoms. The van der Waals surface area contributed by atoms with Gasteiger partial charge in [-0.2, -0.15) is 0 Å². The molecule has 1 heterocycles. The van der Waals surface area contributed by atoms with Crippen LogP contribution in [0.2, 0.25) is 0 Å². The van der Waals surface area contributed by atoms with E-state index in [0.717, 1.165) is 11.1 Å². The van der Waals surface area contributed by atoms with Gasteiger partial charge in [-0.1, -0.05) is 24.6 Å². The number of benzene rings is 2. The summed E-state index contributed by atoms with van der Waals surface area (Å²) in [5.41, 5.74) is 3.31. The summed E-state index contributed by atoms with van der Waals surface area (Å²) in [4.78, 5) is 25.6. The highest BCUT2D eigenvalue weighted by Gasteiger charge is 2.23. The molecular weight excluding hydrogens is 394 g/mol. The molecule has 0 saturated heterocycles. The topological polar surface area (TPSA) is 100 Å². The first-order chi connectivity index (χ1) is 14.9. The minimum absolute atomic E-state index is 0.143. The summed E-state index contributed by atoms with van der Waals surface area (Å²) in [7, 11) is 0. The Morgan fingerprint density at radius 2 is 1.74 bits per heavy atom. The number of nitrogens with zero attached hydrogens (tertiary/aromatic N) is 3. The van der Waals surface area contributed by atoms with Crippen LogP contribution in [0.3, 0.4) is 0 Å². The van der Waals surface area contributed by atoms with E-state index in [0.29, 0.717) is 29.7 Å². The van der Waals surface area contributed by atoms with Crippen LogP contribution in [0.4, 0.5) is 11.4 Å². The number of anilines is 2. The largest absolute Gasteiger partial charge is 0.419 e. The number of carbonyl (C=O) groups excluding carboxylic acids is 2. The lowest BCUT2D eigenvalue weighted by Crippen LogP contribution is -2.35. The van der Waals surface area contributed by atoms with E-state index < -0.39 is 0 Å². The summed E-state index contributed by atoms with van der Waals surface area (Å²) in [5, 5.41) is 13.9. The fourth-order valence-electron chi connectivity index (χ4n) is 3.20. The van der Waals surface area contributed by atoms with Crippen LogP contribution < -0.4 is 10.6 Å². The van der Waals surface area contributed by atoms with Gasteiger partial charge in [0.1, 0.15) is 0 Å². The second kappa shape index (κ2) is 9.99. The van der Waals surface area contributed by atoms with E-state index in [9.17, 15) is 9.59 Å². The predicted molar refractivity (Wildman–Crippen MR) is 120 cm³/mol. The van der Waals surface area contributed by atoms with Gasteiger partial charge in [0.05, 0.1) is 12.6 Å². The first kappa shape index (κ1) is 22.2. The van der Waals surface area contributed by atoms with Gasteiger partial charge in [0.2, 0.25) is 23.6 Å². The van der Waals surface area contributed by atoms with Crippen LogP contribution in [-0.4, -0.2) is 40.0 Å². The Morgan fingerprint density at radius 1 is 1.06 bits per heavy atom. The molecule has 0 aliphatic carbocycles. The van der Waals surface area contributed by atoms with Crippen molar-refractivity contribution in [1.82, 2.24) is 15.1 Å². The number of hydrogen-bond donors (Lipinski definition) is 2. The molecule has 2 N–H and O–H groups in total. The third kappa shape index (κ3) is 5.99. The first-order valence-electron chi connectivity index (χ1n) is 10.2. The van der Waals surface area contributed by atoms with Crippen molar-refractivity contribution in [2.45, 2.75) is 33.7 Å². The summed E-state index contributed by atoms with van der Waals surface area (Å²) in [5.74, 6) is 0.631. The minimum Gasteiger partial charge on any atom is -0.419 e. The third-order valence-electron chi connectivity index (χ3n) is 4.85. The second-order valence-electron chi connectivity index (χ2n) is 7.36. The summed E-state index contributed by atoms with van der Waals surface area (Å²) >= 11 is 0. The van der Waals surface area contributed by atoms with Crippen molar-refractivity contribution in [2.75, 3.05) is 23.7 Å². The molecule has 0 bridgehead atoms. The van der Waals surface area contributed by atoms with E-state index in [2.05, 4.69) is 20.8 Å². The smallest absolute Gasteiger partial charge is 0.247 e. The van der Waals surface area contributed by atoms with Crippen molar-refractivity contribution < 1.29 is 14.0 Å². The van der Waals surface area contributed by atoms with Gasteiger partial charge in [0.25, 0.3) is 0 Å². The molecule has 8 nitrogen and oxygen atoms in total. The van der Waals surface area contributed by atoms with Crippen LogP contribution >= 0.6 is 0 Å². The fourth-order valence-corrected chi connectivity index (χ4v) is 3.20. The highest BCUT2D eigenvalue weighted by atomic mass is 16.4.